The Hall–Kier alpha value is -3.56. The van der Waals surface area contributed by atoms with Crippen LogP contribution in [-0.4, -0.2) is 41.4 Å². The Kier molecular flexibility index (Phi) is 11.1. The standard InChI is InChI=1S/C34H35F4NO3S/c1-23(16-17-42-28-19-30(35)32(33(40)41)31(20-28)43-2)39(21-24-10-9-15-27(18-24)34(36,37)38)22-29(25-11-5-3-6-12-25)26-13-7-4-8-14-26/h3,5-7,9-15,18-20,23,29H,4,8,16-17,21-22H2,1-2H3,(H,40,41)/t23-,29?/m1/s1. The highest BCUT2D eigenvalue weighted by atomic mass is 32.2. The monoisotopic (exact) mass is 613 g/mol. The SMILES string of the molecule is CSc1cc(OCC[C@@H](C)N(Cc2cccc(C(F)(F)F)c2)CC(C2=CCCC=C2)c2ccccc2)cc(F)c1C(=O)O. The van der Waals surface area contributed by atoms with Gasteiger partial charge in [0.15, 0.2) is 0 Å². The second-order valence-electron chi connectivity index (χ2n) is 10.5. The number of alkyl halides is 3. The first kappa shape index (κ1) is 32.4. The average Bonchev–Trinajstić information content (AvgIpc) is 2.99. The number of thioether (sulfide) groups is 1. The number of nitrogens with zero attached hydrogens (tertiary/aromatic N) is 1. The summed E-state index contributed by atoms with van der Waals surface area (Å²) >= 11 is 1.12. The lowest BCUT2D eigenvalue weighted by Crippen LogP contribution is -2.37. The summed E-state index contributed by atoms with van der Waals surface area (Å²) in [6, 6.07) is 18.0. The van der Waals surface area contributed by atoms with E-state index in [1.807, 2.05) is 25.1 Å². The van der Waals surface area contributed by atoms with E-state index in [4.69, 9.17) is 4.74 Å². The van der Waals surface area contributed by atoms with Crippen LogP contribution in [0.2, 0.25) is 0 Å². The normalized spacial score (nSPS) is 14.8. The Labute approximate surface area is 254 Å². The van der Waals surface area contributed by atoms with E-state index in [-0.39, 0.29) is 29.2 Å². The number of hydrogen-bond donors (Lipinski definition) is 1. The van der Waals surface area contributed by atoms with Crippen molar-refractivity contribution in [2.24, 2.45) is 0 Å². The van der Waals surface area contributed by atoms with Gasteiger partial charge in [-0.1, -0.05) is 66.8 Å². The summed E-state index contributed by atoms with van der Waals surface area (Å²) in [5.74, 6) is -1.98. The molecule has 3 aromatic rings. The lowest BCUT2D eigenvalue weighted by Gasteiger charge is -2.34. The van der Waals surface area contributed by atoms with Crippen molar-refractivity contribution in [3.63, 3.8) is 0 Å². The Bertz CT molecular complexity index is 1460. The molecular formula is C34H35F4NO3S. The molecule has 1 aliphatic rings. The quantitative estimate of drug-likeness (QED) is 0.154. The van der Waals surface area contributed by atoms with Gasteiger partial charge in [-0.05, 0) is 61.3 Å². The van der Waals surface area contributed by atoms with Crippen LogP contribution in [-0.2, 0) is 12.7 Å². The number of allylic oxidation sites excluding steroid dienone is 3. The van der Waals surface area contributed by atoms with Crippen molar-refractivity contribution in [3.8, 4) is 5.75 Å². The number of benzene rings is 3. The molecule has 43 heavy (non-hydrogen) atoms. The van der Waals surface area contributed by atoms with E-state index < -0.39 is 29.1 Å². The predicted molar refractivity (Wildman–Crippen MR) is 162 cm³/mol. The third kappa shape index (κ3) is 8.74. The molecule has 0 heterocycles. The number of ether oxygens (including phenoxy) is 1. The van der Waals surface area contributed by atoms with E-state index in [1.54, 1.807) is 12.3 Å². The van der Waals surface area contributed by atoms with Gasteiger partial charge in [-0.25, -0.2) is 9.18 Å². The van der Waals surface area contributed by atoms with Crippen molar-refractivity contribution in [1.82, 2.24) is 4.90 Å². The van der Waals surface area contributed by atoms with Crippen LogP contribution in [0.3, 0.4) is 0 Å². The number of carbonyl (C=O) groups is 1. The molecule has 0 saturated heterocycles. The fraction of sp³-hybridized carbons (Fsp3) is 0.324. The Morgan fingerprint density at radius 3 is 2.49 bits per heavy atom. The maximum atomic E-state index is 14.5. The fourth-order valence-electron chi connectivity index (χ4n) is 5.24. The summed E-state index contributed by atoms with van der Waals surface area (Å²) in [7, 11) is 0. The molecule has 4 rings (SSSR count). The van der Waals surface area contributed by atoms with Gasteiger partial charge in [0.05, 0.1) is 12.2 Å². The number of hydrogen-bond acceptors (Lipinski definition) is 4. The summed E-state index contributed by atoms with van der Waals surface area (Å²) in [4.78, 5) is 13.9. The minimum absolute atomic E-state index is 0.00807. The lowest BCUT2D eigenvalue weighted by molar-refractivity contribution is -0.137. The van der Waals surface area contributed by atoms with Gasteiger partial charge in [0.1, 0.15) is 17.1 Å². The Morgan fingerprint density at radius 2 is 1.84 bits per heavy atom. The molecule has 228 valence electrons. The summed E-state index contributed by atoms with van der Waals surface area (Å²) < 4.78 is 60.9. The number of carboxylic acids is 1. The molecule has 4 nitrogen and oxygen atoms in total. The maximum absolute atomic E-state index is 14.5. The van der Waals surface area contributed by atoms with Crippen molar-refractivity contribution in [2.45, 2.75) is 55.8 Å². The van der Waals surface area contributed by atoms with Gasteiger partial charge in [-0.15, -0.1) is 11.8 Å². The molecule has 0 saturated carbocycles. The summed E-state index contributed by atoms with van der Waals surface area (Å²) in [6.45, 7) is 3.07. The van der Waals surface area contributed by atoms with Gasteiger partial charge in [0, 0.05) is 36.0 Å². The van der Waals surface area contributed by atoms with E-state index in [0.717, 1.165) is 42.3 Å². The average molecular weight is 614 g/mol. The van der Waals surface area contributed by atoms with Crippen molar-refractivity contribution in [1.29, 1.82) is 0 Å². The third-order valence-corrected chi connectivity index (χ3v) is 8.34. The van der Waals surface area contributed by atoms with Crippen LogP contribution in [0.15, 0.2) is 95.4 Å². The second kappa shape index (κ2) is 14.8. The van der Waals surface area contributed by atoms with Gasteiger partial charge < -0.3 is 9.84 Å². The molecule has 0 bridgehead atoms. The largest absolute Gasteiger partial charge is 0.493 e. The molecule has 0 amide bonds. The Balaban J connectivity index is 1.58. The first-order chi connectivity index (χ1) is 20.6. The molecule has 0 spiro atoms. The van der Waals surface area contributed by atoms with Crippen LogP contribution in [0.4, 0.5) is 17.6 Å². The first-order valence-corrected chi connectivity index (χ1v) is 15.3. The van der Waals surface area contributed by atoms with Crippen LogP contribution >= 0.6 is 11.8 Å². The highest BCUT2D eigenvalue weighted by molar-refractivity contribution is 7.98. The molecule has 0 radical (unpaired) electrons. The number of carboxylic acid groups (broad SMARTS) is 1. The molecular weight excluding hydrogens is 578 g/mol. The van der Waals surface area contributed by atoms with E-state index >= 15 is 0 Å². The highest BCUT2D eigenvalue weighted by Gasteiger charge is 2.31. The lowest BCUT2D eigenvalue weighted by atomic mass is 9.87. The summed E-state index contributed by atoms with van der Waals surface area (Å²) in [6.07, 6.45) is 6.15. The predicted octanol–water partition coefficient (Wildman–Crippen LogP) is 8.98. The molecule has 0 aliphatic heterocycles. The number of halogens is 4. The minimum atomic E-state index is -4.44. The Morgan fingerprint density at radius 1 is 1.07 bits per heavy atom. The molecule has 1 unspecified atom stereocenters. The van der Waals surface area contributed by atoms with Gasteiger partial charge in [-0.2, -0.15) is 13.2 Å². The second-order valence-corrected chi connectivity index (χ2v) is 11.4. The summed E-state index contributed by atoms with van der Waals surface area (Å²) in [5.41, 5.74) is 1.77. The van der Waals surface area contributed by atoms with Crippen molar-refractivity contribution in [3.05, 3.63) is 119 Å². The topological polar surface area (TPSA) is 49.8 Å². The van der Waals surface area contributed by atoms with Gasteiger partial charge in [-0.3, -0.25) is 4.90 Å². The maximum Gasteiger partial charge on any atom is 0.416 e. The molecule has 2 atom stereocenters. The molecule has 0 aromatic heterocycles. The molecule has 3 aromatic carbocycles. The molecule has 1 N–H and O–H groups in total. The van der Waals surface area contributed by atoms with Crippen molar-refractivity contribution in [2.75, 3.05) is 19.4 Å². The zero-order valence-electron chi connectivity index (χ0n) is 24.1. The third-order valence-electron chi connectivity index (χ3n) is 7.57. The van der Waals surface area contributed by atoms with Gasteiger partial charge in [0.2, 0.25) is 0 Å². The zero-order chi connectivity index (χ0) is 31.0. The summed E-state index contributed by atoms with van der Waals surface area (Å²) in [5, 5.41) is 9.34. The smallest absolute Gasteiger partial charge is 0.416 e. The van der Waals surface area contributed by atoms with E-state index in [2.05, 4.69) is 35.3 Å². The van der Waals surface area contributed by atoms with Crippen molar-refractivity contribution >= 4 is 17.7 Å². The van der Waals surface area contributed by atoms with Crippen LogP contribution in [0, 0.1) is 5.82 Å². The number of rotatable bonds is 13. The van der Waals surface area contributed by atoms with Crippen molar-refractivity contribution < 1.29 is 32.2 Å². The zero-order valence-corrected chi connectivity index (χ0v) is 24.9. The van der Waals surface area contributed by atoms with E-state index in [1.165, 1.54) is 23.8 Å². The van der Waals surface area contributed by atoms with Crippen LogP contribution in [0.25, 0.3) is 0 Å². The van der Waals surface area contributed by atoms with E-state index in [9.17, 15) is 27.5 Å². The molecule has 9 heteroatoms. The highest BCUT2D eigenvalue weighted by Crippen LogP contribution is 2.33. The molecule has 1 aliphatic carbocycles. The first-order valence-electron chi connectivity index (χ1n) is 14.1. The van der Waals surface area contributed by atoms with E-state index in [0.29, 0.717) is 25.1 Å². The van der Waals surface area contributed by atoms with Crippen LogP contribution < -0.4 is 4.74 Å². The fourth-order valence-corrected chi connectivity index (χ4v) is 5.86. The van der Waals surface area contributed by atoms with Crippen LogP contribution in [0.1, 0.15) is 59.2 Å². The minimum Gasteiger partial charge on any atom is -0.493 e. The van der Waals surface area contributed by atoms with Gasteiger partial charge >= 0.3 is 12.1 Å². The molecule has 0 fully saturated rings. The number of aromatic carboxylic acids is 1. The van der Waals surface area contributed by atoms with Crippen LogP contribution in [0.5, 0.6) is 5.75 Å². The van der Waals surface area contributed by atoms with Gasteiger partial charge in [0.25, 0.3) is 0 Å².